The molecule has 92 valence electrons. The van der Waals surface area contributed by atoms with Gasteiger partial charge < -0.3 is 5.32 Å². The molecule has 0 saturated heterocycles. The van der Waals surface area contributed by atoms with Crippen molar-refractivity contribution in [2.24, 2.45) is 13.0 Å². The molecule has 1 aromatic heterocycles. The Morgan fingerprint density at radius 3 is 2.82 bits per heavy atom. The summed E-state index contributed by atoms with van der Waals surface area (Å²) >= 11 is 0. The maximum Gasteiger partial charge on any atom is 0.0841 e. The van der Waals surface area contributed by atoms with Gasteiger partial charge in [-0.15, -0.1) is 0 Å². The first-order valence-corrected chi connectivity index (χ1v) is 6.30. The van der Waals surface area contributed by atoms with Crippen LogP contribution in [0.25, 0.3) is 10.9 Å². The van der Waals surface area contributed by atoms with Gasteiger partial charge in [-0.05, 0) is 24.9 Å². The molecular weight excluding hydrogens is 210 g/mol. The Kier molecular flexibility index (Phi) is 3.79. The van der Waals surface area contributed by atoms with Crippen LogP contribution in [0.1, 0.15) is 26.0 Å². The molecular formula is C14H21N3. The molecule has 0 saturated carbocycles. The smallest absolute Gasteiger partial charge is 0.0841 e. The summed E-state index contributed by atoms with van der Waals surface area (Å²) in [5, 5.41) is 9.28. The van der Waals surface area contributed by atoms with E-state index in [-0.39, 0.29) is 0 Å². The van der Waals surface area contributed by atoms with Crippen LogP contribution in [0.5, 0.6) is 0 Å². The van der Waals surface area contributed by atoms with Crippen LogP contribution >= 0.6 is 0 Å². The fraction of sp³-hybridized carbons (Fsp3) is 0.500. The summed E-state index contributed by atoms with van der Waals surface area (Å²) < 4.78 is 1.95. The lowest BCUT2D eigenvalue weighted by Crippen LogP contribution is -2.16. The van der Waals surface area contributed by atoms with E-state index in [1.165, 1.54) is 17.3 Å². The quantitative estimate of drug-likeness (QED) is 0.802. The molecule has 0 aliphatic carbocycles. The number of nitrogens with one attached hydrogen (secondary N) is 1. The zero-order chi connectivity index (χ0) is 12.3. The molecule has 1 aromatic carbocycles. The number of rotatable bonds is 5. The normalized spacial score (nSPS) is 11.5. The predicted octanol–water partition coefficient (Wildman–Crippen LogP) is 2.71. The Morgan fingerprint density at radius 2 is 2.06 bits per heavy atom. The van der Waals surface area contributed by atoms with Crippen LogP contribution in [-0.4, -0.2) is 16.3 Å². The van der Waals surface area contributed by atoms with Crippen molar-refractivity contribution in [1.29, 1.82) is 0 Å². The van der Waals surface area contributed by atoms with Crippen molar-refractivity contribution in [3.63, 3.8) is 0 Å². The van der Waals surface area contributed by atoms with Gasteiger partial charge in [0.1, 0.15) is 0 Å². The van der Waals surface area contributed by atoms with E-state index < -0.39 is 0 Å². The Bertz CT molecular complexity index is 485. The van der Waals surface area contributed by atoms with Crippen LogP contribution in [0.4, 0.5) is 0 Å². The van der Waals surface area contributed by atoms with Crippen LogP contribution in [0.15, 0.2) is 24.3 Å². The highest BCUT2D eigenvalue weighted by Gasteiger charge is 2.06. The van der Waals surface area contributed by atoms with Crippen molar-refractivity contribution in [3.8, 4) is 0 Å². The summed E-state index contributed by atoms with van der Waals surface area (Å²) in [6.07, 6.45) is 1.21. The average Bonchev–Trinajstić information content (AvgIpc) is 2.63. The number of aromatic nitrogens is 2. The topological polar surface area (TPSA) is 29.9 Å². The molecule has 1 heterocycles. The lowest BCUT2D eigenvalue weighted by atomic mass is 10.1. The number of benzene rings is 1. The molecule has 2 rings (SSSR count). The van der Waals surface area contributed by atoms with E-state index >= 15 is 0 Å². The minimum atomic E-state index is 0.753. The number of hydrogen-bond donors (Lipinski definition) is 1. The van der Waals surface area contributed by atoms with Gasteiger partial charge in [-0.25, -0.2) is 0 Å². The monoisotopic (exact) mass is 231 g/mol. The van der Waals surface area contributed by atoms with Crippen molar-refractivity contribution in [3.05, 3.63) is 30.0 Å². The van der Waals surface area contributed by atoms with Gasteiger partial charge in [0, 0.05) is 19.0 Å². The fourth-order valence-electron chi connectivity index (χ4n) is 2.02. The van der Waals surface area contributed by atoms with Gasteiger partial charge in [-0.1, -0.05) is 32.0 Å². The molecule has 0 spiro atoms. The number of hydrogen-bond acceptors (Lipinski definition) is 2. The second kappa shape index (κ2) is 5.32. The van der Waals surface area contributed by atoms with Crippen molar-refractivity contribution < 1.29 is 0 Å². The Morgan fingerprint density at radius 1 is 1.29 bits per heavy atom. The molecule has 17 heavy (non-hydrogen) atoms. The molecule has 2 aromatic rings. The van der Waals surface area contributed by atoms with Gasteiger partial charge in [0.15, 0.2) is 0 Å². The van der Waals surface area contributed by atoms with Crippen LogP contribution in [-0.2, 0) is 13.6 Å². The van der Waals surface area contributed by atoms with Gasteiger partial charge >= 0.3 is 0 Å². The van der Waals surface area contributed by atoms with E-state index in [0.717, 1.165) is 24.7 Å². The molecule has 0 atom stereocenters. The largest absolute Gasteiger partial charge is 0.311 e. The first-order valence-electron chi connectivity index (χ1n) is 6.30. The first-order chi connectivity index (χ1) is 8.18. The summed E-state index contributed by atoms with van der Waals surface area (Å²) in [5.74, 6) is 0.753. The second-order valence-corrected chi connectivity index (χ2v) is 4.95. The number of para-hydroxylation sites is 1. The summed E-state index contributed by atoms with van der Waals surface area (Å²) in [5.41, 5.74) is 2.35. The predicted molar refractivity (Wildman–Crippen MR) is 71.9 cm³/mol. The SMILES string of the molecule is CC(C)CCNCc1nn(C)c2ccccc12. The molecule has 3 nitrogen and oxygen atoms in total. The van der Waals surface area contributed by atoms with Crippen LogP contribution < -0.4 is 5.32 Å². The number of fused-ring (bicyclic) bond motifs is 1. The third kappa shape index (κ3) is 2.86. The summed E-state index contributed by atoms with van der Waals surface area (Å²) in [4.78, 5) is 0. The minimum absolute atomic E-state index is 0.753. The summed E-state index contributed by atoms with van der Waals surface area (Å²) in [6, 6.07) is 8.38. The summed E-state index contributed by atoms with van der Waals surface area (Å²) in [6.45, 7) is 6.41. The molecule has 0 unspecified atom stereocenters. The van der Waals surface area contributed by atoms with Gasteiger partial charge in [0.2, 0.25) is 0 Å². The van der Waals surface area contributed by atoms with E-state index in [0.29, 0.717) is 0 Å². The zero-order valence-corrected chi connectivity index (χ0v) is 10.9. The van der Waals surface area contributed by atoms with E-state index in [4.69, 9.17) is 0 Å². The van der Waals surface area contributed by atoms with Crippen molar-refractivity contribution in [2.45, 2.75) is 26.8 Å². The molecule has 0 fully saturated rings. The Labute approximate surface area is 103 Å². The van der Waals surface area contributed by atoms with Crippen molar-refractivity contribution in [2.75, 3.05) is 6.54 Å². The molecule has 0 radical (unpaired) electrons. The first kappa shape index (κ1) is 12.1. The van der Waals surface area contributed by atoms with E-state index in [1.807, 2.05) is 11.7 Å². The third-order valence-electron chi connectivity index (χ3n) is 3.03. The fourth-order valence-corrected chi connectivity index (χ4v) is 2.02. The van der Waals surface area contributed by atoms with E-state index in [1.54, 1.807) is 0 Å². The third-order valence-corrected chi connectivity index (χ3v) is 3.03. The molecule has 0 aliphatic rings. The average molecular weight is 231 g/mol. The lowest BCUT2D eigenvalue weighted by Gasteiger charge is -2.05. The second-order valence-electron chi connectivity index (χ2n) is 4.95. The molecule has 0 aliphatic heterocycles. The van der Waals surface area contributed by atoms with Gasteiger partial charge in [0.05, 0.1) is 11.2 Å². The Hall–Kier alpha value is -1.35. The lowest BCUT2D eigenvalue weighted by molar-refractivity contribution is 0.534. The maximum atomic E-state index is 4.56. The van der Waals surface area contributed by atoms with E-state index in [2.05, 4.69) is 48.5 Å². The highest BCUT2D eigenvalue weighted by molar-refractivity contribution is 5.81. The standard InChI is InChI=1S/C14H21N3/c1-11(2)8-9-15-10-13-12-6-4-5-7-14(12)17(3)16-13/h4-7,11,15H,8-10H2,1-3H3. The maximum absolute atomic E-state index is 4.56. The highest BCUT2D eigenvalue weighted by Crippen LogP contribution is 2.16. The van der Waals surface area contributed by atoms with Crippen molar-refractivity contribution in [1.82, 2.24) is 15.1 Å². The molecule has 3 heteroatoms. The molecule has 0 bridgehead atoms. The van der Waals surface area contributed by atoms with Crippen LogP contribution in [0.2, 0.25) is 0 Å². The van der Waals surface area contributed by atoms with Crippen LogP contribution in [0.3, 0.4) is 0 Å². The molecule has 0 amide bonds. The van der Waals surface area contributed by atoms with Gasteiger partial charge in [-0.2, -0.15) is 5.10 Å². The molecule has 1 N–H and O–H groups in total. The van der Waals surface area contributed by atoms with Gasteiger partial charge in [0.25, 0.3) is 0 Å². The minimum Gasteiger partial charge on any atom is -0.311 e. The summed E-state index contributed by atoms with van der Waals surface area (Å²) in [7, 11) is 2.00. The van der Waals surface area contributed by atoms with Gasteiger partial charge in [-0.3, -0.25) is 4.68 Å². The number of nitrogens with zero attached hydrogens (tertiary/aromatic N) is 2. The zero-order valence-electron chi connectivity index (χ0n) is 10.9. The Balaban J connectivity index is 2.04. The van der Waals surface area contributed by atoms with Crippen molar-refractivity contribution >= 4 is 10.9 Å². The van der Waals surface area contributed by atoms with Crippen LogP contribution in [0, 0.1) is 5.92 Å². The number of aryl methyl sites for hydroxylation is 1. The van der Waals surface area contributed by atoms with E-state index in [9.17, 15) is 0 Å². The highest BCUT2D eigenvalue weighted by atomic mass is 15.3.